The summed E-state index contributed by atoms with van der Waals surface area (Å²) in [7, 11) is 1.43. The van der Waals surface area contributed by atoms with Gasteiger partial charge in [-0.2, -0.15) is 9.78 Å². The van der Waals surface area contributed by atoms with Crippen LogP contribution in [-0.4, -0.2) is 49.5 Å². The Morgan fingerprint density at radius 3 is 2.79 bits per heavy atom. The summed E-state index contributed by atoms with van der Waals surface area (Å²) in [5.74, 6) is -0.634. The fourth-order valence-electron chi connectivity index (χ4n) is 2.15. The first-order valence-corrected chi connectivity index (χ1v) is 7.61. The topological polar surface area (TPSA) is 189 Å². The minimum atomic E-state index is -0.661. The molecule has 14 nitrogen and oxygen atoms in total. The number of rotatable bonds is 7. The smallest absolute Gasteiger partial charge is 0.293 e. The molecule has 0 saturated carbocycles. The molecular formula is C14H13N9O5. The average molecular weight is 387 g/mol. The number of nitrogens with zero attached hydrogens (tertiary/aromatic N) is 7. The van der Waals surface area contributed by atoms with Gasteiger partial charge < -0.3 is 10.5 Å². The van der Waals surface area contributed by atoms with Crippen LogP contribution in [0, 0.1) is 10.1 Å². The molecule has 0 aliphatic rings. The van der Waals surface area contributed by atoms with Crippen LogP contribution in [0.2, 0.25) is 0 Å². The highest BCUT2D eigenvalue weighted by Gasteiger charge is 2.23. The van der Waals surface area contributed by atoms with Crippen LogP contribution in [0.15, 0.2) is 34.0 Å². The molecule has 3 N–H and O–H groups in total. The van der Waals surface area contributed by atoms with Crippen LogP contribution < -0.4 is 11.2 Å². The van der Waals surface area contributed by atoms with Crippen molar-refractivity contribution in [1.29, 1.82) is 0 Å². The Bertz CT molecular complexity index is 1020. The Morgan fingerprint density at radius 1 is 1.43 bits per heavy atom. The molecule has 0 spiro atoms. The number of aromatic nitrogens is 5. The van der Waals surface area contributed by atoms with E-state index in [1.54, 1.807) is 0 Å². The predicted octanol–water partition coefficient (Wildman–Crippen LogP) is 0.0510. The van der Waals surface area contributed by atoms with Crippen molar-refractivity contribution in [2.75, 3.05) is 12.8 Å². The molecule has 3 aromatic rings. The van der Waals surface area contributed by atoms with E-state index in [1.807, 2.05) is 0 Å². The number of carbonyl (C=O) groups excluding carboxylic acids is 1. The number of anilines is 1. The lowest BCUT2D eigenvalue weighted by Crippen LogP contribution is -2.20. The molecule has 2 aromatic heterocycles. The Hall–Kier alpha value is -4.20. The Labute approximate surface area is 156 Å². The minimum Gasteiger partial charge on any atom is -0.378 e. The molecule has 0 bridgehead atoms. The molecule has 0 fully saturated rings. The summed E-state index contributed by atoms with van der Waals surface area (Å²) in [5, 5.41) is 29.1. The maximum atomic E-state index is 12.4. The lowest BCUT2D eigenvalue weighted by molar-refractivity contribution is -0.384. The van der Waals surface area contributed by atoms with E-state index >= 15 is 0 Å². The molecule has 0 radical (unpaired) electrons. The number of hydrazone groups is 1. The predicted molar refractivity (Wildman–Crippen MR) is 92.5 cm³/mol. The van der Waals surface area contributed by atoms with Gasteiger partial charge in [-0.05, 0) is 28.0 Å². The summed E-state index contributed by atoms with van der Waals surface area (Å²) in [4.78, 5) is 22.5. The van der Waals surface area contributed by atoms with Crippen molar-refractivity contribution in [3.05, 3.63) is 51.3 Å². The first kappa shape index (κ1) is 18.6. The normalized spacial score (nSPS) is 11.0. The highest BCUT2D eigenvalue weighted by atomic mass is 16.6. The van der Waals surface area contributed by atoms with Crippen LogP contribution in [0.3, 0.4) is 0 Å². The number of nitro benzene ring substituents is 1. The third kappa shape index (κ3) is 3.80. The quantitative estimate of drug-likeness (QED) is 0.318. The minimum absolute atomic E-state index is 0.0197. The van der Waals surface area contributed by atoms with E-state index in [9.17, 15) is 14.9 Å². The average Bonchev–Trinajstić information content (AvgIpc) is 3.28. The molecule has 28 heavy (non-hydrogen) atoms. The molecule has 0 atom stereocenters. The highest BCUT2D eigenvalue weighted by Crippen LogP contribution is 2.16. The summed E-state index contributed by atoms with van der Waals surface area (Å²) in [5.41, 5.74) is 8.61. The number of hydrogen-bond donors (Lipinski definition) is 2. The van der Waals surface area contributed by atoms with Crippen molar-refractivity contribution >= 4 is 23.6 Å². The van der Waals surface area contributed by atoms with E-state index in [-0.39, 0.29) is 35.3 Å². The largest absolute Gasteiger partial charge is 0.378 e. The maximum Gasteiger partial charge on any atom is 0.293 e. The Morgan fingerprint density at radius 2 is 2.18 bits per heavy atom. The molecule has 2 heterocycles. The zero-order chi connectivity index (χ0) is 20.1. The van der Waals surface area contributed by atoms with Crippen molar-refractivity contribution in [3.63, 3.8) is 0 Å². The first-order chi connectivity index (χ1) is 13.5. The van der Waals surface area contributed by atoms with E-state index in [4.69, 9.17) is 10.5 Å². The van der Waals surface area contributed by atoms with E-state index < -0.39 is 10.8 Å². The molecular weight excluding hydrogens is 374 g/mol. The summed E-state index contributed by atoms with van der Waals surface area (Å²) in [6.45, 7) is -0.0197. The van der Waals surface area contributed by atoms with Gasteiger partial charge in [0.25, 0.3) is 11.6 Å². The van der Waals surface area contributed by atoms with Gasteiger partial charge >= 0.3 is 0 Å². The van der Waals surface area contributed by atoms with E-state index in [2.05, 4.69) is 35.8 Å². The zero-order valence-corrected chi connectivity index (χ0v) is 14.3. The van der Waals surface area contributed by atoms with Crippen LogP contribution in [0.25, 0.3) is 5.82 Å². The van der Waals surface area contributed by atoms with Gasteiger partial charge in [0.1, 0.15) is 5.69 Å². The molecule has 144 valence electrons. The molecule has 0 aliphatic heterocycles. The third-order valence-corrected chi connectivity index (χ3v) is 3.44. The number of nitrogens with one attached hydrogen (secondary N) is 1. The molecule has 0 unspecified atom stereocenters. The second kappa shape index (κ2) is 8.00. The van der Waals surface area contributed by atoms with Gasteiger partial charge in [-0.3, -0.25) is 14.9 Å². The van der Waals surface area contributed by atoms with Gasteiger partial charge in [0.2, 0.25) is 11.6 Å². The monoisotopic (exact) mass is 387 g/mol. The van der Waals surface area contributed by atoms with E-state index in [1.165, 1.54) is 42.3 Å². The van der Waals surface area contributed by atoms with Gasteiger partial charge in [-0.15, -0.1) is 5.10 Å². The van der Waals surface area contributed by atoms with E-state index in [0.29, 0.717) is 5.56 Å². The zero-order valence-electron chi connectivity index (χ0n) is 14.3. The number of carbonyl (C=O) groups is 1. The van der Waals surface area contributed by atoms with Crippen LogP contribution >= 0.6 is 0 Å². The SMILES string of the molecule is COCc1c(C(=O)N/N=C/c2ccc([N+](=O)[O-])cc2)nnn1-c1nonc1N. The number of benzene rings is 1. The van der Waals surface area contributed by atoms with Crippen molar-refractivity contribution in [2.24, 2.45) is 5.10 Å². The van der Waals surface area contributed by atoms with E-state index in [0.717, 1.165) is 0 Å². The summed E-state index contributed by atoms with van der Waals surface area (Å²) < 4.78 is 10.8. The second-order valence-corrected chi connectivity index (χ2v) is 5.25. The Kier molecular flexibility index (Phi) is 5.31. The molecule has 1 aromatic carbocycles. The van der Waals surface area contributed by atoms with Crippen molar-refractivity contribution in [3.8, 4) is 5.82 Å². The van der Waals surface area contributed by atoms with Crippen molar-refractivity contribution in [2.45, 2.75) is 6.61 Å². The Balaban J connectivity index is 1.76. The lowest BCUT2D eigenvalue weighted by atomic mass is 10.2. The lowest BCUT2D eigenvalue weighted by Gasteiger charge is -2.03. The molecule has 1 amide bonds. The number of amides is 1. The molecule has 0 saturated heterocycles. The number of ether oxygens (including phenoxy) is 1. The number of nitrogen functional groups attached to an aromatic ring is 1. The second-order valence-electron chi connectivity index (χ2n) is 5.25. The van der Waals surface area contributed by atoms with Gasteiger partial charge in [0.15, 0.2) is 5.69 Å². The number of nitrogens with two attached hydrogens (primary N) is 1. The molecule has 3 rings (SSSR count). The molecule has 14 heteroatoms. The van der Waals surface area contributed by atoms with Gasteiger partial charge in [0, 0.05) is 19.2 Å². The summed E-state index contributed by atoms with van der Waals surface area (Å²) in [6, 6.07) is 5.62. The van der Waals surface area contributed by atoms with Crippen molar-refractivity contribution < 1.29 is 19.1 Å². The number of nitro groups is 1. The van der Waals surface area contributed by atoms with Gasteiger partial charge in [-0.1, -0.05) is 5.21 Å². The van der Waals surface area contributed by atoms with Crippen LogP contribution in [0.5, 0.6) is 0 Å². The van der Waals surface area contributed by atoms with Crippen LogP contribution in [-0.2, 0) is 11.3 Å². The fraction of sp³-hybridized carbons (Fsp3) is 0.143. The van der Waals surface area contributed by atoms with Crippen LogP contribution in [0.1, 0.15) is 21.7 Å². The van der Waals surface area contributed by atoms with Gasteiger partial charge in [-0.25, -0.2) is 10.1 Å². The molecule has 0 aliphatic carbocycles. The highest BCUT2D eigenvalue weighted by molar-refractivity contribution is 5.94. The number of hydrogen-bond acceptors (Lipinski definition) is 11. The third-order valence-electron chi connectivity index (χ3n) is 3.44. The standard InChI is InChI=1S/C14H13N9O5/c1-27-7-10-11(17-21-22(10)13-12(15)19-28-20-13)14(24)18-16-6-8-2-4-9(5-3-8)23(25)26/h2-6H,7H2,1H3,(H2,15,19)(H,18,24)/b16-6+. The van der Waals surface area contributed by atoms with Crippen LogP contribution in [0.4, 0.5) is 11.5 Å². The van der Waals surface area contributed by atoms with Gasteiger partial charge in [0.05, 0.1) is 17.7 Å². The number of methoxy groups -OCH3 is 1. The van der Waals surface area contributed by atoms with Crippen molar-refractivity contribution in [1.82, 2.24) is 30.7 Å². The number of non-ortho nitro benzene ring substituents is 1. The summed E-state index contributed by atoms with van der Waals surface area (Å²) in [6.07, 6.45) is 1.32. The fourth-order valence-corrected chi connectivity index (χ4v) is 2.15. The maximum absolute atomic E-state index is 12.4. The summed E-state index contributed by atoms with van der Waals surface area (Å²) >= 11 is 0. The first-order valence-electron chi connectivity index (χ1n) is 7.61.